The van der Waals surface area contributed by atoms with Crippen LogP contribution in [0, 0.1) is 13.8 Å². The van der Waals surface area contributed by atoms with Crippen LogP contribution in [-0.2, 0) is 11.2 Å². The number of aryl methyl sites for hydroxylation is 2. The summed E-state index contributed by atoms with van der Waals surface area (Å²) < 4.78 is 5.78. The fourth-order valence-corrected chi connectivity index (χ4v) is 2.35. The highest BCUT2D eigenvalue weighted by Gasteiger charge is 2.12. The van der Waals surface area contributed by atoms with Gasteiger partial charge in [-0.25, -0.2) is 0 Å². The van der Waals surface area contributed by atoms with Crippen molar-refractivity contribution >= 4 is 29.2 Å². The maximum Gasteiger partial charge on any atom is 0.307 e. The molecule has 0 radical (unpaired) electrons. The summed E-state index contributed by atoms with van der Waals surface area (Å²) in [6.07, 6.45) is -0.168. The standard InChI is InChI=1S/C16H14Cl2O3/c1-9-5-13(18)15(6-10(9)2)21-14-4-3-12(17)7-11(14)8-16(19)20/h3-7H,8H2,1-2H3,(H,19,20). The number of ether oxygens (including phenoxy) is 1. The van der Waals surface area contributed by atoms with Crippen molar-refractivity contribution in [2.75, 3.05) is 0 Å². The molecule has 0 aliphatic heterocycles. The van der Waals surface area contributed by atoms with Crippen LogP contribution in [0.1, 0.15) is 16.7 Å². The van der Waals surface area contributed by atoms with Crippen molar-refractivity contribution in [3.63, 3.8) is 0 Å². The highest BCUT2D eigenvalue weighted by atomic mass is 35.5. The van der Waals surface area contributed by atoms with Crippen LogP contribution in [0.4, 0.5) is 0 Å². The SMILES string of the molecule is Cc1cc(Cl)c(Oc2ccc(Cl)cc2CC(=O)O)cc1C. The van der Waals surface area contributed by atoms with Gasteiger partial charge in [-0.2, -0.15) is 0 Å². The van der Waals surface area contributed by atoms with Gasteiger partial charge < -0.3 is 9.84 Å². The molecule has 2 rings (SSSR count). The van der Waals surface area contributed by atoms with E-state index in [0.29, 0.717) is 27.1 Å². The van der Waals surface area contributed by atoms with Crippen LogP contribution in [0.15, 0.2) is 30.3 Å². The maximum atomic E-state index is 10.9. The Balaban J connectivity index is 2.39. The van der Waals surface area contributed by atoms with Crippen molar-refractivity contribution in [1.29, 1.82) is 0 Å². The lowest BCUT2D eigenvalue weighted by Gasteiger charge is -2.13. The summed E-state index contributed by atoms with van der Waals surface area (Å²) in [4.78, 5) is 10.9. The average molecular weight is 325 g/mol. The third kappa shape index (κ3) is 3.90. The molecule has 3 nitrogen and oxygen atoms in total. The number of carboxylic acids is 1. The van der Waals surface area contributed by atoms with Crippen molar-refractivity contribution in [3.8, 4) is 11.5 Å². The summed E-state index contributed by atoms with van der Waals surface area (Å²) in [6.45, 7) is 3.92. The summed E-state index contributed by atoms with van der Waals surface area (Å²) in [6, 6.07) is 8.53. The summed E-state index contributed by atoms with van der Waals surface area (Å²) in [7, 11) is 0. The fraction of sp³-hybridized carbons (Fsp3) is 0.188. The number of rotatable bonds is 4. The predicted molar refractivity (Wildman–Crippen MR) is 83.8 cm³/mol. The quantitative estimate of drug-likeness (QED) is 0.857. The molecule has 0 aliphatic rings. The van der Waals surface area contributed by atoms with Crippen LogP contribution < -0.4 is 4.74 Å². The highest BCUT2D eigenvalue weighted by Crippen LogP contribution is 2.34. The van der Waals surface area contributed by atoms with Crippen LogP contribution in [0.5, 0.6) is 11.5 Å². The van der Waals surface area contributed by atoms with E-state index in [1.54, 1.807) is 18.2 Å². The Bertz CT molecular complexity index is 696. The summed E-state index contributed by atoms with van der Waals surface area (Å²) in [5.41, 5.74) is 2.61. The molecular weight excluding hydrogens is 311 g/mol. The third-order valence-corrected chi connectivity index (χ3v) is 3.66. The number of benzene rings is 2. The second-order valence-corrected chi connectivity index (χ2v) is 5.64. The zero-order valence-electron chi connectivity index (χ0n) is 11.6. The molecule has 0 unspecified atom stereocenters. The molecule has 0 amide bonds. The number of halogens is 2. The monoisotopic (exact) mass is 324 g/mol. The molecule has 2 aromatic rings. The Morgan fingerprint density at radius 3 is 2.43 bits per heavy atom. The molecule has 0 fully saturated rings. The van der Waals surface area contributed by atoms with Gasteiger partial charge in [0.25, 0.3) is 0 Å². The molecule has 0 atom stereocenters. The topological polar surface area (TPSA) is 46.5 Å². The molecule has 0 heterocycles. The first-order chi connectivity index (χ1) is 9.86. The molecule has 0 saturated carbocycles. The van der Waals surface area contributed by atoms with Gasteiger partial charge in [0.2, 0.25) is 0 Å². The highest BCUT2D eigenvalue weighted by molar-refractivity contribution is 6.32. The second-order valence-electron chi connectivity index (χ2n) is 4.79. The summed E-state index contributed by atoms with van der Waals surface area (Å²) in [5.74, 6) is -0.0195. The first kappa shape index (κ1) is 15.7. The molecule has 0 spiro atoms. The van der Waals surface area contributed by atoms with E-state index >= 15 is 0 Å². The van der Waals surface area contributed by atoms with Gasteiger partial charge in [0.1, 0.15) is 11.5 Å². The van der Waals surface area contributed by atoms with Crippen LogP contribution in [0.3, 0.4) is 0 Å². The zero-order chi connectivity index (χ0) is 15.6. The minimum absolute atomic E-state index is 0.168. The van der Waals surface area contributed by atoms with Crippen LogP contribution in [-0.4, -0.2) is 11.1 Å². The summed E-state index contributed by atoms with van der Waals surface area (Å²) in [5, 5.41) is 9.90. The van der Waals surface area contributed by atoms with Gasteiger partial charge in [0.15, 0.2) is 0 Å². The van der Waals surface area contributed by atoms with Crippen molar-refractivity contribution in [1.82, 2.24) is 0 Å². The molecule has 5 heteroatoms. The lowest BCUT2D eigenvalue weighted by atomic mass is 10.1. The van der Waals surface area contributed by atoms with Gasteiger partial charge in [-0.05, 0) is 55.3 Å². The van der Waals surface area contributed by atoms with Crippen molar-refractivity contribution in [2.45, 2.75) is 20.3 Å². The first-order valence-electron chi connectivity index (χ1n) is 6.31. The molecule has 0 aliphatic carbocycles. The number of carboxylic acid groups (broad SMARTS) is 1. The molecule has 21 heavy (non-hydrogen) atoms. The molecule has 0 bridgehead atoms. The van der Waals surface area contributed by atoms with E-state index in [1.807, 2.05) is 26.0 Å². The normalized spacial score (nSPS) is 10.5. The maximum absolute atomic E-state index is 10.9. The number of hydrogen-bond donors (Lipinski definition) is 1. The first-order valence-corrected chi connectivity index (χ1v) is 7.07. The second kappa shape index (κ2) is 6.37. The lowest BCUT2D eigenvalue weighted by Crippen LogP contribution is -2.02. The smallest absolute Gasteiger partial charge is 0.307 e. The Labute approximate surface area is 133 Å². The van der Waals surface area contributed by atoms with Crippen molar-refractivity contribution in [3.05, 3.63) is 57.1 Å². The zero-order valence-corrected chi connectivity index (χ0v) is 13.1. The van der Waals surface area contributed by atoms with Gasteiger partial charge >= 0.3 is 5.97 Å². The van der Waals surface area contributed by atoms with Gasteiger partial charge in [0.05, 0.1) is 11.4 Å². The van der Waals surface area contributed by atoms with Gasteiger partial charge in [-0.15, -0.1) is 0 Å². The summed E-state index contributed by atoms with van der Waals surface area (Å²) >= 11 is 12.1. The Morgan fingerprint density at radius 1 is 1.10 bits per heavy atom. The molecule has 110 valence electrons. The van der Waals surface area contributed by atoms with E-state index in [0.717, 1.165) is 11.1 Å². The van der Waals surface area contributed by atoms with Crippen molar-refractivity contribution < 1.29 is 14.6 Å². The van der Waals surface area contributed by atoms with E-state index in [1.165, 1.54) is 0 Å². The molecule has 1 N–H and O–H groups in total. The lowest BCUT2D eigenvalue weighted by molar-refractivity contribution is -0.136. The van der Waals surface area contributed by atoms with E-state index in [-0.39, 0.29) is 6.42 Å². The van der Waals surface area contributed by atoms with Crippen LogP contribution in [0.2, 0.25) is 10.0 Å². The van der Waals surface area contributed by atoms with Gasteiger partial charge in [-0.3, -0.25) is 4.79 Å². The number of hydrogen-bond acceptors (Lipinski definition) is 2. The predicted octanol–water partition coefficient (Wildman–Crippen LogP) is 5.03. The Hall–Kier alpha value is -1.71. The molecule has 0 saturated heterocycles. The van der Waals surface area contributed by atoms with Gasteiger partial charge in [-0.1, -0.05) is 23.2 Å². The van der Waals surface area contributed by atoms with Crippen LogP contribution >= 0.6 is 23.2 Å². The van der Waals surface area contributed by atoms with E-state index < -0.39 is 5.97 Å². The van der Waals surface area contributed by atoms with E-state index in [4.69, 9.17) is 33.0 Å². The van der Waals surface area contributed by atoms with Gasteiger partial charge in [0, 0.05) is 10.6 Å². The van der Waals surface area contributed by atoms with E-state index in [2.05, 4.69) is 0 Å². The average Bonchev–Trinajstić information content (AvgIpc) is 2.38. The number of aliphatic carboxylic acids is 1. The third-order valence-electron chi connectivity index (χ3n) is 3.13. The van der Waals surface area contributed by atoms with Crippen molar-refractivity contribution in [2.24, 2.45) is 0 Å². The number of carbonyl (C=O) groups is 1. The Kier molecular flexibility index (Phi) is 4.76. The molecule has 2 aromatic carbocycles. The fourth-order valence-electron chi connectivity index (χ4n) is 1.90. The van der Waals surface area contributed by atoms with Crippen LogP contribution in [0.25, 0.3) is 0 Å². The molecular formula is C16H14Cl2O3. The molecule has 0 aromatic heterocycles. The minimum atomic E-state index is -0.951. The van der Waals surface area contributed by atoms with E-state index in [9.17, 15) is 4.79 Å². The Morgan fingerprint density at radius 2 is 1.76 bits per heavy atom. The minimum Gasteiger partial charge on any atom is -0.481 e. The largest absolute Gasteiger partial charge is 0.481 e.